The summed E-state index contributed by atoms with van der Waals surface area (Å²) in [7, 11) is 0. The number of hydrogen-bond donors (Lipinski definition) is 1. The number of thioether (sulfide) groups is 1. The van der Waals surface area contributed by atoms with Gasteiger partial charge in [0.15, 0.2) is 0 Å². The Kier molecular flexibility index (Phi) is 3.53. The van der Waals surface area contributed by atoms with E-state index in [1.165, 1.54) is 0 Å². The highest BCUT2D eigenvalue weighted by Gasteiger charge is 2.02. The first-order valence-electron chi connectivity index (χ1n) is 4.94. The molecule has 78 valence electrons. The SMILES string of the molecule is NCCCSc1ncnc2ccccc12. The van der Waals surface area contributed by atoms with Crippen LogP contribution in [0.25, 0.3) is 10.9 Å². The van der Waals surface area contributed by atoms with E-state index < -0.39 is 0 Å². The molecule has 0 saturated heterocycles. The number of para-hydroxylation sites is 1. The lowest BCUT2D eigenvalue weighted by molar-refractivity contribution is 0.941. The minimum absolute atomic E-state index is 0.732. The van der Waals surface area contributed by atoms with Gasteiger partial charge in [0.2, 0.25) is 0 Å². The Hall–Kier alpha value is -1.13. The zero-order valence-electron chi connectivity index (χ0n) is 8.39. The smallest absolute Gasteiger partial charge is 0.117 e. The highest BCUT2D eigenvalue weighted by Crippen LogP contribution is 2.24. The number of rotatable bonds is 4. The average molecular weight is 219 g/mol. The third-order valence-electron chi connectivity index (χ3n) is 2.09. The molecule has 15 heavy (non-hydrogen) atoms. The average Bonchev–Trinajstić information content (AvgIpc) is 2.30. The van der Waals surface area contributed by atoms with Crippen LogP contribution in [0.1, 0.15) is 6.42 Å². The second kappa shape index (κ2) is 5.09. The maximum Gasteiger partial charge on any atom is 0.117 e. The summed E-state index contributed by atoms with van der Waals surface area (Å²) in [6.45, 7) is 0.732. The Morgan fingerprint density at radius 3 is 2.93 bits per heavy atom. The van der Waals surface area contributed by atoms with Crippen molar-refractivity contribution in [1.82, 2.24) is 9.97 Å². The predicted molar refractivity (Wildman–Crippen MR) is 63.9 cm³/mol. The van der Waals surface area contributed by atoms with E-state index in [1.807, 2.05) is 18.2 Å². The molecule has 0 saturated carbocycles. The number of hydrogen-bond acceptors (Lipinski definition) is 4. The van der Waals surface area contributed by atoms with Crippen LogP contribution in [-0.4, -0.2) is 22.3 Å². The van der Waals surface area contributed by atoms with E-state index in [4.69, 9.17) is 5.73 Å². The summed E-state index contributed by atoms with van der Waals surface area (Å²) < 4.78 is 0. The molecule has 0 radical (unpaired) electrons. The number of fused-ring (bicyclic) bond motifs is 1. The van der Waals surface area contributed by atoms with Crippen LogP contribution in [-0.2, 0) is 0 Å². The summed E-state index contributed by atoms with van der Waals surface area (Å²) in [6, 6.07) is 8.06. The van der Waals surface area contributed by atoms with Crippen molar-refractivity contribution in [3.05, 3.63) is 30.6 Å². The van der Waals surface area contributed by atoms with E-state index in [-0.39, 0.29) is 0 Å². The van der Waals surface area contributed by atoms with E-state index in [2.05, 4.69) is 16.0 Å². The van der Waals surface area contributed by atoms with Gasteiger partial charge in [0.05, 0.1) is 5.52 Å². The molecule has 2 aromatic rings. The maximum atomic E-state index is 5.46. The third kappa shape index (κ3) is 2.46. The Morgan fingerprint density at radius 1 is 1.20 bits per heavy atom. The largest absolute Gasteiger partial charge is 0.330 e. The van der Waals surface area contributed by atoms with Crippen molar-refractivity contribution in [3.63, 3.8) is 0 Å². The van der Waals surface area contributed by atoms with Crippen LogP contribution in [0.2, 0.25) is 0 Å². The standard InChI is InChI=1S/C11H13N3S/c12-6-3-7-15-11-9-4-1-2-5-10(9)13-8-14-11/h1-2,4-5,8H,3,6-7,12H2. The topological polar surface area (TPSA) is 51.8 Å². The van der Waals surface area contributed by atoms with Gasteiger partial charge in [-0.25, -0.2) is 9.97 Å². The molecule has 0 spiro atoms. The molecule has 0 aliphatic rings. The molecule has 0 aliphatic carbocycles. The zero-order valence-corrected chi connectivity index (χ0v) is 9.20. The van der Waals surface area contributed by atoms with Crippen LogP contribution in [0.3, 0.4) is 0 Å². The Morgan fingerprint density at radius 2 is 2.07 bits per heavy atom. The first-order valence-corrected chi connectivity index (χ1v) is 5.93. The van der Waals surface area contributed by atoms with Crippen molar-refractivity contribution < 1.29 is 0 Å². The van der Waals surface area contributed by atoms with Crippen LogP contribution in [0.5, 0.6) is 0 Å². The van der Waals surface area contributed by atoms with Crippen LogP contribution in [0, 0.1) is 0 Å². The molecule has 3 nitrogen and oxygen atoms in total. The predicted octanol–water partition coefficient (Wildman–Crippen LogP) is 2.07. The molecule has 0 bridgehead atoms. The van der Waals surface area contributed by atoms with Gasteiger partial charge in [-0.3, -0.25) is 0 Å². The van der Waals surface area contributed by atoms with Crippen LogP contribution >= 0.6 is 11.8 Å². The molecule has 1 aromatic heterocycles. The van der Waals surface area contributed by atoms with Gasteiger partial charge in [-0.05, 0) is 19.0 Å². The Labute approximate surface area is 93.1 Å². The van der Waals surface area contributed by atoms with E-state index in [9.17, 15) is 0 Å². The van der Waals surface area contributed by atoms with Gasteiger partial charge >= 0.3 is 0 Å². The van der Waals surface area contributed by atoms with Gasteiger partial charge in [0.25, 0.3) is 0 Å². The summed E-state index contributed by atoms with van der Waals surface area (Å²) in [5.74, 6) is 1.01. The molecule has 2 rings (SSSR count). The fourth-order valence-electron chi connectivity index (χ4n) is 1.35. The van der Waals surface area contributed by atoms with Gasteiger partial charge < -0.3 is 5.73 Å². The van der Waals surface area contributed by atoms with Crippen molar-refractivity contribution in [2.24, 2.45) is 5.73 Å². The molecule has 1 aromatic carbocycles. The molecule has 0 fully saturated rings. The van der Waals surface area contributed by atoms with E-state index in [1.54, 1.807) is 18.1 Å². The van der Waals surface area contributed by atoms with Gasteiger partial charge in [-0.15, -0.1) is 11.8 Å². The minimum atomic E-state index is 0.732. The van der Waals surface area contributed by atoms with Crippen molar-refractivity contribution >= 4 is 22.7 Å². The molecule has 0 atom stereocenters. The van der Waals surface area contributed by atoms with Crippen LogP contribution < -0.4 is 5.73 Å². The molecule has 0 unspecified atom stereocenters. The Balaban J connectivity index is 2.26. The monoisotopic (exact) mass is 219 g/mol. The van der Waals surface area contributed by atoms with Crippen LogP contribution in [0.15, 0.2) is 35.6 Å². The van der Waals surface area contributed by atoms with Gasteiger partial charge in [0.1, 0.15) is 11.4 Å². The van der Waals surface area contributed by atoms with Crippen molar-refractivity contribution in [1.29, 1.82) is 0 Å². The molecule has 1 heterocycles. The fourth-order valence-corrected chi connectivity index (χ4v) is 2.30. The first kappa shape index (κ1) is 10.4. The maximum absolute atomic E-state index is 5.46. The summed E-state index contributed by atoms with van der Waals surface area (Å²) in [6.07, 6.45) is 2.64. The van der Waals surface area contributed by atoms with Crippen molar-refractivity contribution in [3.8, 4) is 0 Å². The molecular weight excluding hydrogens is 206 g/mol. The van der Waals surface area contributed by atoms with E-state index >= 15 is 0 Å². The summed E-state index contributed by atoms with van der Waals surface area (Å²) >= 11 is 1.74. The second-order valence-electron chi connectivity index (χ2n) is 3.19. The number of nitrogens with two attached hydrogens (primary N) is 1. The summed E-state index contributed by atoms with van der Waals surface area (Å²) in [5.41, 5.74) is 6.46. The highest BCUT2D eigenvalue weighted by atomic mass is 32.2. The summed E-state index contributed by atoms with van der Waals surface area (Å²) in [5, 5.41) is 2.18. The van der Waals surface area contributed by atoms with Crippen molar-refractivity contribution in [2.45, 2.75) is 11.4 Å². The normalized spacial score (nSPS) is 10.7. The van der Waals surface area contributed by atoms with E-state index in [0.717, 1.165) is 34.6 Å². The molecule has 2 N–H and O–H groups in total. The quantitative estimate of drug-likeness (QED) is 0.486. The molecule has 0 amide bonds. The lowest BCUT2D eigenvalue weighted by Gasteiger charge is -2.03. The van der Waals surface area contributed by atoms with E-state index in [0.29, 0.717) is 0 Å². The molecular formula is C11H13N3S. The number of benzene rings is 1. The highest BCUT2D eigenvalue weighted by molar-refractivity contribution is 7.99. The van der Waals surface area contributed by atoms with Gasteiger partial charge in [-0.1, -0.05) is 18.2 Å². The lowest BCUT2D eigenvalue weighted by Crippen LogP contribution is -1.99. The first-order chi connectivity index (χ1) is 7.42. The lowest BCUT2D eigenvalue weighted by atomic mass is 10.2. The third-order valence-corrected chi connectivity index (χ3v) is 3.19. The minimum Gasteiger partial charge on any atom is -0.330 e. The Bertz CT molecular complexity index is 439. The summed E-state index contributed by atoms with van der Waals surface area (Å²) in [4.78, 5) is 8.51. The number of aromatic nitrogens is 2. The second-order valence-corrected chi connectivity index (χ2v) is 4.27. The zero-order chi connectivity index (χ0) is 10.5. The van der Waals surface area contributed by atoms with Crippen LogP contribution in [0.4, 0.5) is 0 Å². The van der Waals surface area contributed by atoms with Crippen molar-refractivity contribution in [2.75, 3.05) is 12.3 Å². The fraction of sp³-hybridized carbons (Fsp3) is 0.273. The molecule has 0 aliphatic heterocycles. The number of nitrogens with zero attached hydrogens (tertiary/aromatic N) is 2. The molecule has 4 heteroatoms. The van der Waals surface area contributed by atoms with Gasteiger partial charge in [-0.2, -0.15) is 0 Å². The van der Waals surface area contributed by atoms with Gasteiger partial charge in [0, 0.05) is 11.1 Å².